The molecule has 0 saturated heterocycles. The summed E-state index contributed by atoms with van der Waals surface area (Å²) in [6.45, 7) is 0. The fourth-order valence-electron chi connectivity index (χ4n) is 3.23. The second-order valence-corrected chi connectivity index (χ2v) is 6.66. The number of carbonyl (C=O) groups is 1. The third-order valence-electron chi connectivity index (χ3n) is 4.71. The largest absolute Gasteiger partial charge is 0.417 e. The van der Waals surface area contributed by atoms with Gasteiger partial charge in [0.1, 0.15) is 5.54 Å². The summed E-state index contributed by atoms with van der Waals surface area (Å²) in [5.41, 5.74) is -1.93. The van der Waals surface area contributed by atoms with Crippen LogP contribution < -0.4 is 5.32 Å². The lowest BCUT2D eigenvalue weighted by Gasteiger charge is -2.45. The van der Waals surface area contributed by atoms with Crippen LogP contribution in [0.3, 0.4) is 0 Å². The van der Waals surface area contributed by atoms with Gasteiger partial charge in [-0.2, -0.15) is 18.4 Å². The number of nitrogens with one attached hydrogen (secondary N) is 1. The first-order valence-electron chi connectivity index (χ1n) is 7.92. The molecule has 0 aliphatic heterocycles. The number of nitriles is 1. The third-order valence-corrected chi connectivity index (χ3v) is 4.96. The van der Waals surface area contributed by atoms with Gasteiger partial charge in [-0.05, 0) is 42.7 Å². The van der Waals surface area contributed by atoms with E-state index in [0.29, 0.717) is 17.9 Å². The lowest BCUT2D eigenvalue weighted by Crippen LogP contribution is -2.57. The Hall–Kier alpha value is -2.52. The van der Waals surface area contributed by atoms with E-state index in [9.17, 15) is 23.2 Å². The summed E-state index contributed by atoms with van der Waals surface area (Å²) >= 11 is 5.87. The normalized spacial score (nSPS) is 22.2. The average molecular weight is 379 g/mol. The molecule has 1 amide bonds. The molecule has 0 aromatic heterocycles. The van der Waals surface area contributed by atoms with Gasteiger partial charge in [-0.25, -0.2) is 0 Å². The second-order valence-electron chi connectivity index (χ2n) is 6.22. The van der Waals surface area contributed by atoms with E-state index in [1.807, 2.05) is 0 Å². The number of nitrogens with zero attached hydrogens (tertiary/aromatic N) is 1. The maximum absolute atomic E-state index is 13.1. The van der Waals surface area contributed by atoms with E-state index in [-0.39, 0.29) is 5.92 Å². The number of hydrogen-bond donors (Lipinski definition) is 1. The fourth-order valence-corrected chi connectivity index (χ4v) is 3.36. The minimum Gasteiger partial charge on any atom is -0.333 e. The molecule has 1 aliphatic rings. The summed E-state index contributed by atoms with van der Waals surface area (Å²) < 4.78 is 39.4. The average Bonchev–Trinajstić information content (AvgIpc) is 2.59. The van der Waals surface area contributed by atoms with Gasteiger partial charge < -0.3 is 5.32 Å². The summed E-state index contributed by atoms with van der Waals surface area (Å²) in [5.74, 6) is -1.20. The van der Waals surface area contributed by atoms with Gasteiger partial charge in [0.05, 0.1) is 17.2 Å². The van der Waals surface area contributed by atoms with Gasteiger partial charge in [-0.15, -0.1) is 0 Å². The van der Waals surface area contributed by atoms with Gasteiger partial charge in [0, 0.05) is 10.9 Å². The van der Waals surface area contributed by atoms with E-state index in [0.717, 1.165) is 17.7 Å². The van der Waals surface area contributed by atoms with Crippen LogP contribution in [0, 0.1) is 11.3 Å². The number of alkyl halides is 3. The third kappa shape index (κ3) is 3.27. The summed E-state index contributed by atoms with van der Waals surface area (Å²) in [7, 11) is 0. The number of halogens is 4. The number of amides is 1. The fraction of sp³-hybridized carbons (Fsp3) is 0.263. The van der Waals surface area contributed by atoms with E-state index in [2.05, 4.69) is 11.4 Å². The summed E-state index contributed by atoms with van der Waals surface area (Å²) in [5, 5.41) is 12.7. The highest BCUT2D eigenvalue weighted by molar-refractivity contribution is 6.30. The maximum atomic E-state index is 13.1. The van der Waals surface area contributed by atoms with Crippen LogP contribution in [0.2, 0.25) is 5.02 Å². The van der Waals surface area contributed by atoms with Crippen molar-refractivity contribution in [2.45, 2.75) is 30.5 Å². The van der Waals surface area contributed by atoms with Crippen LogP contribution in [0.25, 0.3) is 0 Å². The standard InChI is InChI=1S/C19H14ClF3N2O/c20-13-7-5-12(6-8-13)15-9-10-18(15,11-24)25-17(26)14-3-1-2-4-16(14)19(21,22)23/h1-8,15H,9-10H2,(H,25,26)/t15-,18+/m1/s1. The molecule has 0 unspecified atom stereocenters. The number of hydrogen-bond acceptors (Lipinski definition) is 2. The Balaban J connectivity index is 1.89. The Morgan fingerprint density at radius 2 is 1.85 bits per heavy atom. The van der Waals surface area contributed by atoms with Crippen LogP contribution in [-0.2, 0) is 6.18 Å². The quantitative estimate of drug-likeness (QED) is 0.823. The molecule has 2 aromatic rings. The molecule has 0 radical (unpaired) electrons. The highest BCUT2D eigenvalue weighted by atomic mass is 35.5. The molecule has 2 atom stereocenters. The van der Waals surface area contributed by atoms with Crippen molar-refractivity contribution in [2.75, 3.05) is 0 Å². The Morgan fingerprint density at radius 1 is 1.19 bits per heavy atom. The number of benzene rings is 2. The van der Waals surface area contributed by atoms with Crippen LogP contribution in [0.1, 0.15) is 40.2 Å². The van der Waals surface area contributed by atoms with Crippen LogP contribution in [0.4, 0.5) is 13.2 Å². The van der Waals surface area contributed by atoms with Crippen molar-refractivity contribution in [2.24, 2.45) is 0 Å². The molecule has 26 heavy (non-hydrogen) atoms. The van der Waals surface area contributed by atoms with Crippen LogP contribution in [-0.4, -0.2) is 11.4 Å². The zero-order valence-corrected chi connectivity index (χ0v) is 14.2. The van der Waals surface area contributed by atoms with Crippen molar-refractivity contribution >= 4 is 17.5 Å². The molecule has 1 aliphatic carbocycles. The molecule has 3 rings (SSSR count). The molecule has 134 valence electrons. The zero-order valence-electron chi connectivity index (χ0n) is 13.5. The molecule has 1 fully saturated rings. The predicted octanol–water partition coefficient (Wildman–Crippen LogP) is 4.93. The summed E-state index contributed by atoms with van der Waals surface area (Å²) in [6, 6.07) is 13.5. The Morgan fingerprint density at radius 3 is 2.38 bits per heavy atom. The predicted molar refractivity (Wildman–Crippen MR) is 90.7 cm³/mol. The molecule has 1 saturated carbocycles. The topological polar surface area (TPSA) is 52.9 Å². The number of carbonyl (C=O) groups excluding carboxylic acids is 1. The lowest BCUT2D eigenvalue weighted by molar-refractivity contribution is -0.138. The lowest BCUT2D eigenvalue weighted by atomic mass is 9.64. The Kier molecular flexibility index (Phi) is 4.68. The van der Waals surface area contributed by atoms with Crippen molar-refractivity contribution in [3.63, 3.8) is 0 Å². The smallest absolute Gasteiger partial charge is 0.333 e. The van der Waals surface area contributed by atoms with Gasteiger partial charge >= 0.3 is 6.18 Å². The highest BCUT2D eigenvalue weighted by Crippen LogP contribution is 2.46. The van der Waals surface area contributed by atoms with E-state index < -0.39 is 28.7 Å². The first-order chi connectivity index (χ1) is 12.3. The van der Waals surface area contributed by atoms with E-state index >= 15 is 0 Å². The van der Waals surface area contributed by atoms with Crippen LogP contribution in [0.15, 0.2) is 48.5 Å². The first kappa shape index (κ1) is 18.3. The number of rotatable bonds is 3. The van der Waals surface area contributed by atoms with Crippen molar-refractivity contribution in [1.29, 1.82) is 5.26 Å². The minimum atomic E-state index is -4.65. The first-order valence-corrected chi connectivity index (χ1v) is 8.30. The van der Waals surface area contributed by atoms with Crippen molar-refractivity contribution in [1.82, 2.24) is 5.32 Å². The molecule has 2 aromatic carbocycles. The van der Waals surface area contributed by atoms with Gasteiger partial charge in [-0.1, -0.05) is 35.9 Å². The van der Waals surface area contributed by atoms with Gasteiger partial charge in [-0.3, -0.25) is 4.79 Å². The van der Waals surface area contributed by atoms with Gasteiger partial charge in [0.15, 0.2) is 0 Å². The summed E-state index contributed by atoms with van der Waals surface area (Å²) in [4.78, 5) is 12.5. The highest BCUT2D eigenvalue weighted by Gasteiger charge is 2.50. The molecule has 0 bridgehead atoms. The van der Waals surface area contributed by atoms with Gasteiger partial charge in [0.2, 0.25) is 0 Å². The van der Waals surface area contributed by atoms with Crippen LogP contribution >= 0.6 is 11.6 Å². The molecule has 0 spiro atoms. The zero-order chi connectivity index (χ0) is 18.9. The van der Waals surface area contributed by atoms with Crippen LogP contribution in [0.5, 0.6) is 0 Å². The van der Waals surface area contributed by atoms with Gasteiger partial charge in [0.25, 0.3) is 5.91 Å². The Bertz CT molecular complexity index is 874. The molecule has 0 heterocycles. The monoisotopic (exact) mass is 378 g/mol. The molecule has 3 nitrogen and oxygen atoms in total. The summed E-state index contributed by atoms with van der Waals surface area (Å²) in [6.07, 6.45) is -3.63. The molecule has 1 N–H and O–H groups in total. The van der Waals surface area contributed by atoms with Crippen molar-refractivity contribution in [3.05, 3.63) is 70.2 Å². The molecule has 7 heteroatoms. The molecular weight excluding hydrogens is 365 g/mol. The van der Waals surface area contributed by atoms with E-state index in [1.165, 1.54) is 12.1 Å². The van der Waals surface area contributed by atoms with E-state index in [4.69, 9.17) is 11.6 Å². The minimum absolute atomic E-state index is 0.299. The SMILES string of the molecule is N#C[C@@]1(NC(=O)c2ccccc2C(F)(F)F)CC[C@@H]1c1ccc(Cl)cc1. The van der Waals surface area contributed by atoms with Crippen molar-refractivity contribution < 1.29 is 18.0 Å². The second kappa shape index (κ2) is 6.65. The Labute approximate surface area is 153 Å². The maximum Gasteiger partial charge on any atom is 0.417 e. The van der Waals surface area contributed by atoms with Crippen molar-refractivity contribution in [3.8, 4) is 6.07 Å². The molecular formula is C19H14ClF3N2O. The van der Waals surface area contributed by atoms with E-state index in [1.54, 1.807) is 24.3 Å².